The number of benzene rings is 2. The molecule has 0 amide bonds. The maximum Gasteiger partial charge on any atom is 0.0870 e. The van der Waals surface area contributed by atoms with Crippen LogP contribution in [0.5, 0.6) is 0 Å². The van der Waals surface area contributed by atoms with Crippen molar-refractivity contribution in [1.29, 1.82) is 0 Å². The quantitative estimate of drug-likeness (QED) is 0.675. The second-order valence-electron chi connectivity index (χ2n) is 5.05. The van der Waals surface area contributed by atoms with Gasteiger partial charge in [0.15, 0.2) is 0 Å². The van der Waals surface area contributed by atoms with E-state index >= 15 is 0 Å². The molecule has 2 aromatic carbocycles. The van der Waals surface area contributed by atoms with E-state index in [1.54, 1.807) is 0 Å². The van der Waals surface area contributed by atoms with E-state index in [2.05, 4.69) is 36.1 Å². The van der Waals surface area contributed by atoms with Crippen molar-refractivity contribution >= 4 is 46.8 Å². The predicted octanol–water partition coefficient (Wildman–Crippen LogP) is 4.91. The molecule has 2 nitrogen and oxygen atoms in total. The molecule has 0 radical (unpaired) electrons. The Hall–Kier alpha value is -1.51. The average Bonchev–Trinajstić information content (AvgIpc) is 2.76. The normalized spacial score (nSPS) is 14.9. The lowest BCUT2D eigenvalue weighted by molar-refractivity contribution is 0.999. The minimum absolute atomic E-state index is 0. The molecular formula is C16H14Cl2N2. The van der Waals surface area contributed by atoms with E-state index in [1.807, 2.05) is 12.1 Å². The molecule has 4 rings (SSSR count). The van der Waals surface area contributed by atoms with Crippen molar-refractivity contribution < 1.29 is 0 Å². The van der Waals surface area contributed by atoms with Crippen molar-refractivity contribution in [3.63, 3.8) is 0 Å². The molecule has 0 spiro atoms. The van der Waals surface area contributed by atoms with Gasteiger partial charge in [-0.1, -0.05) is 23.7 Å². The van der Waals surface area contributed by atoms with Gasteiger partial charge in [-0.15, -0.1) is 12.4 Å². The van der Waals surface area contributed by atoms with Crippen molar-refractivity contribution in [2.75, 3.05) is 11.4 Å². The fourth-order valence-corrected chi connectivity index (χ4v) is 3.29. The zero-order valence-corrected chi connectivity index (χ0v) is 12.6. The predicted molar refractivity (Wildman–Crippen MR) is 87.7 cm³/mol. The number of anilines is 2. The molecular weight excluding hydrogens is 291 g/mol. The highest BCUT2D eigenvalue weighted by Crippen LogP contribution is 2.45. The standard InChI is InChI=1S/C16H13ClN2.ClH/c1-10-13-9-12(17)8-11-6-7-19(16(11)13)15-5-3-2-4-14(15)18-10;/h2-5,8-9H,6-7H2,1H3;1H. The molecule has 20 heavy (non-hydrogen) atoms. The first-order valence-electron chi connectivity index (χ1n) is 6.49. The second-order valence-corrected chi connectivity index (χ2v) is 5.49. The number of halogens is 2. The number of hydrogen-bond donors (Lipinski definition) is 0. The van der Waals surface area contributed by atoms with Gasteiger partial charge in [0.05, 0.1) is 17.1 Å². The van der Waals surface area contributed by atoms with Crippen LogP contribution in [-0.4, -0.2) is 12.3 Å². The first-order valence-corrected chi connectivity index (χ1v) is 6.86. The molecule has 102 valence electrons. The summed E-state index contributed by atoms with van der Waals surface area (Å²) in [6, 6.07) is 12.4. The third kappa shape index (κ3) is 1.83. The van der Waals surface area contributed by atoms with Crippen LogP contribution in [0.2, 0.25) is 5.02 Å². The van der Waals surface area contributed by atoms with E-state index in [-0.39, 0.29) is 12.4 Å². The highest BCUT2D eigenvalue weighted by Gasteiger charge is 2.28. The maximum atomic E-state index is 6.24. The Morgan fingerprint density at radius 1 is 1.20 bits per heavy atom. The molecule has 2 aliphatic heterocycles. The third-order valence-corrected chi connectivity index (χ3v) is 4.10. The number of aliphatic imine (C=N–C) groups is 1. The number of nitrogens with zero attached hydrogens (tertiary/aromatic N) is 2. The number of para-hydroxylation sites is 2. The summed E-state index contributed by atoms with van der Waals surface area (Å²) in [7, 11) is 0. The SMILES string of the molecule is CC1=Nc2ccccc2N2CCc3cc(Cl)cc1c32.Cl. The number of fused-ring (bicyclic) bond motifs is 2. The van der Waals surface area contributed by atoms with Gasteiger partial charge < -0.3 is 4.90 Å². The summed E-state index contributed by atoms with van der Waals surface area (Å²) in [4.78, 5) is 7.14. The second kappa shape index (κ2) is 4.80. The summed E-state index contributed by atoms with van der Waals surface area (Å²) in [5.41, 5.74) is 7.05. The van der Waals surface area contributed by atoms with E-state index in [1.165, 1.54) is 16.9 Å². The Labute approximate surface area is 129 Å². The summed E-state index contributed by atoms with van der Waals surface area (Å²) in [5, 5.41) is 0.802. The minimum Gasteiger partial charge on any atom is -0.339 e. The van der Waals surface area contributed by atoms with Crippen molar-refractivity contribution in [2.45, 2.75) is 13.3 Å². The lowest BCUT2D eigenvalue weighted by Gasteiger charge is -2.21. The molecule has 0 fully saturated rings. The van der Waals surface area contributed by atoms with Gasteiger partial charge in [-0.25, -0.2) is 0 Å². The van der Waals surface area contributed by atoms with Crippen molar-refractivity contribution in [3.8, 4) is 0 Å². The fourth-order valence-electron chi connectivity index (χ4n) is 3.05. The van der Waals surface area contributed by atoms with E-state index < -0.39 is 0 Å². The van der Waals surface area contributed by atoms with Crippen molar-refractivity contribution in [2.24, 2.45) is 4.99 Å². The summed E-state index contributed by atoms with van der Waals surface area (Å²) in [6.07, 6.45) is 1.05. The summed E-state index contributed by atoms with van der Waals surface area (Å²) in [6.45, 7) is 3.06. The van der Waals surface area contributed by atoms with E-state index in [4.69, 9.17) is 16.6 Å². The topological polar surface area (TPSA) is 15.6 Å². The Morgan fingerprint density at radius 3 is 2.85 bits per heavy atom. The van der Waals surface area contributed by atoms with Gasteiger partial charge >= 0.3 is 0 Å². The van der Waals surface area contributed by atoms with E-state index in [0.29, 0.717) is 0 Å². The molecule has 0 unspecified atom stereocenters. The smallest absolute Gasteiger partial charge is 0.0870 e. The van der Waals surface area contributed by atoms with Gasteiger partial charge in [0.25, 0.3) is 0 Å². The van der Waals surface area contributed by atoms with Crippen LogP contribution in [-0.2, 0) is 6.42 Å². The molecule has 0 saturated heterocycles. The van der Waals surface area contributed by atoms with Crippen molar-refractivity contribution in [1.82, 2.24) is 0 Å². The Balaban J connectivity index is 0.00000121. The highest BCUT2D eigenvalue weighted by atomic mass is 35.5. The van der Waals surface area contributed by atoms with Gasteiger partial charge in [-0.2, -0.15) is 0 Å². The van der Waals surface area contributed by atoms with Crippen LogP contribution < -0.4 is 4.90 Å². The van der Waals surface area contributed by atoms with Gasteiger partial charge in [0.1, 0.15) is 0 Å². The van der Waals surface area contributed by atoms with Crippen LogP contribution in [0.15, 0.2) is 41.4 Å². The van der Waals surface area contributed by atoms with Crippen LogP contribution in [0.4, 0.5) is 17.1 Å². The number of rotatable bonds is 0. The molecule has 0 aliphatic carbocycles. The molecule has 4 heteroatoms. The fraction of sp³-hybridized carbons (Fsp3) is 0.188. The summed E-state index contributed by atoms with van der Waals surface area (Å²) < 4.78 is 0. The van der Waals surface area contributed by atoms with E-state index in [0.717, 1.165) is 35.0 Å². The first-order chi connectivity index (χ1) is 9.24. The highest BCUT2D eigenvalue weighted by molar-refractivity contribution is 6.31. The molecule has 0 bridgehead atoms. The molecule has 0 aromatic heterocycles. The Bertz CT molecular complexity index is 722. The molecule has 2 aliphatic rings. The van der Waals surface area contributed by atoms with Gasteiger partial charge in [0, 0.05) is 22.8 Å². The van der Waals surface area contributed by atoms with Gasteiger partial charge in [-0.3, -0.25) is 4.99 Å². The number of hydrogen-bond acceptors (Lipinski definition) is 2. The zero-order chi connectivity index (χ0) is 13.0. The Kier molecular flexibility index (Phi) is 3.23. The van der Waals surface area contributed by atoms with E-state index in [9.17, 15) is 0 Å². The van der Waals surface area contributed by atoms with Gasteiger partial charge in [0.2, 0.25) is 0 Å². The molecule has 0 N–H and O–H groups in total. The maximum absolute atomic E-state index is 6.24. The lowest BCUT2D eigenvalue weighted by atomic mass is 10.0. The summed E-state index contributed by atoms with van der Waals surface area (Å²) >= 11 is 6.24. The first kappa shape index (κ1) is 13.5. The zero-order valence-electron chi connectivity index (χ0n) is 11.1. The van der Waals surface area contributed by atoms with Crippen LogP contribution in [0.3, 0.4) is 0 Å². The van der Waals surface area contributed by atoms with Crippen LogP contribution in [0, 0.1) is 0 Å². The van der Waals surface area contributed by atoms with Crippen molar-refractivity contribution in [3.05, 3.63) is 52.5 Å². The molecule has 0 atom stereocenters. The van der Waals surface area contributed by atoms with Crippen LogP contribution >= 0.6 is 24.0 Å². The van der Waals surface area contributed by atoms with Crippen LogP contribution in [0.25, 0.3) is 0 Å². The molecule has 2 heterocycles. The average molecular weight is 305 g/mol. The lowest BCUT2D eigenvalue weighted by Crippen LogP contribution is -2.14. The largest absolute Gasteiger partial charge is 0.339 e. The third-order valence-electron chi connectivity index (χ3n) is 3.88. The van der Waals surface area contributed by atoms with Gasteiger partial charge in [-0.05, 0) is 43.2 Å². The molecule has 0 saturated carbocycles. The minimum atomic E-state index is 0. The summed E-state index contributed by atoms with van der Waals surface area (Å²) in [5.74, 6) is 0. The van der Waals surface area contributed by atoms with Crippen LogP contribution in [0.1, 0.15) is 18.1 Å². The monoisotopic (exact) mass is 304 g/mol. The Morgan fingerprint density at radius 2 is 2.00 bits per heavy atom. The molecule has 2 aromatic rings.